The van der Waals surface area contributed by atoms with Crippen molar-refractivity contribution in [2.45, 2.75) is 37.3 Å². The third-order valence-electron chi connectivity index (χ3n) is 7.89. The largest absolute Gasteiger partial charge is 0.147 e. The Morgan fingerprint density at radius 1 is 0.735 bits per heavy atom. The van der Waals surface area contributed by atoms with Crippen molar-refractivity contribution in [3.05, 3.63) is 106 Å². The van der Waals surface area contributed by atoms with Gasteiger partial charge in [-0.25, -0.2) is 0 Å². The molecule has 0 saturated carbocycles. The average Bonchev–Trinajstić information content (AvgIpc) is 3.32. The molecule has 5 rings (SSSR count). The molecule has 0 aromatic heterocycles. The van der Waals surface area contributed by atoms with Crippen LogP contribution in [0.25, 0.3) is 23.3 Å². The maximum atomic E-state index is 2.73. The van der Waals surface area contributed by atoms with Crippen LogP contribution in [0.2, 0.25) is 9.26 Å². The Hall–Kier alpha value is -1.18. The summed E-state index contributed by atoms with van der Waals surface area (Å²) in [5, 5.41) is 0. The molecule has 0 heterocycles. The molecule has 2 atom stereocenters. The Balaban J connectivity index is 0.00000162. The number of allylic oxidation sites excluding steroid dienone is 2. The van der Waals surface area contributed by atoms with E-state index in [1.165, 1.54) is 22.3 Å². The van der Waals surface area contributed by atoms with E-state index in [1.807, 2.05) is 0 Å². The molecule has 0 N–H and O–H groups in total. The van der Waals surface area contributed by atoms with E-state index in [9.17, 15) is 0 Å². The summed E-state index contributed by atoms with van der Waals surface area (Å²) in [4.78, 5) is 0. The Morgan fingerprint density at radius 2 is 1.35 bits per heavy atom. The fraction of sp³-hybridized carbons (Fsp3) is 0.267. The molecule has 2 unspecified atom stereocenters. The van der Waals surface area contributed by atoms with Crippen LogP contribution in [0.1, 0.15) is 50.3 Å². The fourth-order valence-corrected chi connectivity index (χ4v) is 27.4. The number of fused-ring (bicyclic) bond motifs is 2. The topological polar surface area (TPSA) is 0 Å². The van der Waals surface area contributed by atoms with E-state index in [-0.39, 0.29) is 24.8 Å². The van der Waals surface area contributed by atoms with E-state index < -0.39 is 17.4 Å². The summed E-state index contributed by atoms with van der Waals surface area (Å²) in [5.74, 6) is 0.575. The minimum absolute atomic E-state index is 0. The van der Waals surface area contributed by atoms with Crippen LogP contribution in [-0.2, 0) is 17.4 Å². The molecule has 178 valence electrons. The van der Waals surface area contributed by atoms with Gasteiger partial charge in [-0.3, -0.25) is 0 Å². The molecule has 0 radical (unpaired) electrons. The van der Waals surface area contributed by atoms with Crippen molar-refractivity contribution in [3.63, 3.8) is 0 Å². The van der Waals surface area contributed by atoms with Crippen molar-refractivity contribution in [1.82, 2.24) is 0 Å². The van der Waals surface area contributed by atoms with Gasteiger partial charge in [0, 0.05) is 0 Å². The molecular formula is C30H36Cl2SiZr. The molecular weight excluding hydrogens is 551 g/mol. The van der Waals surface area contributed by atoms with Crippen molar-refractivity contribution in [1.29, 1.82) is 0 Å². The van der Waals surface area contributed by atoms with E-state index in [0.717, 1.165) is 0 Å². The average molecular weight is 587 g/mol. The number of hydrogen-bond acceptors (Lipinski definition) is 0. The van der Waals surface area contributed by atoms with Crippen LogP contribution in [0.4, 0.5) is 0 Å². The third-order valence-corrected chi connectivity index (χ3v) is 25.5. The van der Waals surface area contributed by atoms with Crippen molar-refractivity contribution >= 4 is 43.8 Å². The number of hydrogen-bond donors (Lipinski definition) is 0. The van der Waals surface area contributed by atoms with Crippen molar-refractivity contribution in [2.24, 2.45) is 5.92 Å². The van der Waals surface area contributed by atoms with E-state index >= 15 is 0 Å². The van der Waals surface area contributed by atoms with Gasteiger partial charge in [0.2, 0.25) is 0 Å². The number of benzene rings is 3. The van der Waals surface area contributed by atoms with Crippen LogP contribution in [0.3, 0.4) is 0 Å². The quantitative estimate of drug-likeness (QED) is 0.268. The second-order valence-electron chi connectivity index (χ2n) is 11.3. The summed E-state index contributed by atoms with van der Waals surface area (Å²) in [6.45, 7) is 9.60. The van der Waals surface area contributed by atoms with Gasteiger partial charge in [-0.05, 0) is 0 Å². The normalized spacial score (nSPS) is 18.9. The first kappa shape index (κ1) is 27.4. The van der Waals surface area contributed by atoms with Gasteiger partial charge < -0.3 is 0 Å². The van der Waals surface area contributed by atoms with Gasteiger partial charge in [0.25, 0.3) is 0 Å². The second kappa shape index (κ2) is 9.70. The van der Waals surface area contributed by atoms with Gasteiger partial charge in [-0.15, -0.1) is 24.8 Å². The first-order valence-electron chi connectivity index (χ1n) is 11.9. The Bertz CT molecular complexity index is 1350. The summed E-state index contributed by atoms with van der Waals surface area (Å²) in [6.07, 6.45) is 5.03. The Kier molecular flexibility index (Phi) is 7.82. The van der Waals surface area contributed by atoms with Gasteiger partial charge in [-0.2, -0.15) is 0 Å². The van der Waals surface area contributed by atoms with E-state index in [4.69, 9.17) is 0 Å². The predicted octanol–water partition coefficient (Wildman–Crippen LogP) is 8.78. The van der Waals surface area contributed by atoms with Crippen LogP contribution in [0.15, 0.2) is 83.9 Å². The van der Waals surface area contributed by atoms with Crippen LogP contribution in [0, 0.1) is 5.92 Å². The summed E-state index contributed by atoms with van der Waals surface area (Å²) in [6, 6.07) is 27.1. The first-order valence-corrected chi connectivity index (χ1v) is 25.6. The molecule has 0 saturated heterocycles. The summed E-state index contributed by atoms with van der Waals surface area (Å²) in [7, 11) is 0. The van der Waals surface area contributed by atoms with E-state index in [1.54, 1.807) is 22.3 Å². The molecule has 3 aromatic rings. The van der Waals surface area contributed by atoms with Crippen LogP contribution in [-0.4, -0.2) is 6.88 Å². The van der Waals surface area contributed by atoms with Crippen LogP contribution < -0.4 is 0 Å². The van der Waals surface area contributed by atoms with Crippen LogP contribution >= 0.6 is 24.8 Å². The predicted molar refractivity (Wildman–Crippen MR) is 155 cm³/mol. The van der Waals surface area contributed by atoms with Gasteiger partial charge in [-0.1, -0.05) is 0 Å². The molecule has 2 aliphatic rings. The zero-order valence-corrected chi connectivity index (χ0v) is 26.3. The van der Waals surface area contributed by atoms with E-state index in [2.05, 4.69) is 122 Å². The van der Waals surface area contributed by atoms with Gasteiger partial charge in [0.05, 0.1) is 0 Å². The Labute approximate surface area is 220 Å². The second-order valence-corrected chi connectivity index (χ2v) is 41.8. The standard InChI is InChI=1S/C16H13.C12H13.2CH3.2ClH.H2Si.Zr/c1-12-10-14-8-5-9-15(16(14)11-12)13-6-3-2-4-7-13;1-9(2)12-7-10-5-3-4-6-11(10)8-12;;;;;;/h2-11H,1H3;3-9H,1-2H3;2*1H3;2*1H;1H2;. The minimum atomic E-state index is -3.41. The molecule has 3 aromatic carbocycles. The number of halogens is 2. The Morgan fingerprint density at radius 3 is 2.03 bits per heavy atom. The van der Waals surface area contributed by atoms with Gasteiger partial charge in [0.15, 0.2) is 0 Å². The van der Waals surface area contributed by atoms with Gasteiger partial charge in [0.1, 0.15) is 0 Å². The molecule has 34 heavy (non-hydrogen) atoms. The maximum Gasteiger partial charge on any atom is -0.147 e. The maximum absolute atomic E-state index is 3.41. The van der Waals surface area contributed by atoms with Crippen molar-refractivity contribution in [3.8, 4) is 11.1 Å². The molecule has 4 heteroatoms. The number of rotatable bonds is 4. The SMILES string of the molecule is CC1=Cc2c(-c3ccccc3)cccc2[CH]1[Zr]([CH3])([CH3])(=[SiH2])[CH]1C(C(C)C)=Cc2ccccc21.Cl.Cl. The van der Waals surface area contributed by atoms with Crippen molar-refractivity contribution in [2.75, 3.05) is 0 Å². The zero-order valence-electron chi connectivity index (χ0n) is 20.8. The van der Waals surface area contributed by atoms with Gasteiger partial charge >= 0.3 is 197 Å². The minimum Gasteiger partial charge on any atom is -0.147 e. The van der Waals surface area contributed by atoms with Crippen LogP contribution in [0.5, 0.6) is 0 Å². The third kappa shape index (κ3) is 4.30. The monoisotopic (exact) mass is 584 g/mol. The summed E-state index contributed by atoms with van der Waals surface area (Å²) in [5.41, 5.74) is 12.0. The summed E-state index contributed by atoms with van der Waals surface area (Å²) < 4.78 is 6.64. The zero-order chi connectivity index (χ0) is 22.7. The molecule has 0 fully saturated rings. The molecule has 0 spiro atoms. The molecule has 2 aliphatic carbocycles. The molecule has 0 aliphatic heterocycles. The fourth-order valence-electron chi connectivity index (χ4n) is 6.75. The molecule has 0 bridgehead atoms. The van der Waals surface area contributed by atoms with E-state index in [0.29, 0.717) is 13.2 Å². The summed E-state index contributed by atoms with van der Waals surface area (Å²) >= 11 is -3.41. The molecule has 0 amide bonds. The first-order chi connectivity index (χ1) is 15.2. The smallest absolute Gasteiger partial charge is 0.147 e. The molecule has 0 nitrogen and oxygen atoms in total. The van der Waals surface area contributed by atoms with Crippen molar-refractivity contribution < 1.29 is 17.4 Å².